The van der Waals surface area contributed by atoms with Gasteiger partial charge in [0, 0.05) is 6.54 Å². The summed E-state index contributed by atoms with van der Waals surface area (Å²) < 4.78 is 0. The lowest BCUT2D eigenvalue weighted by atomic mass is 9.85. The highest BCUT2D eigenvalue weighted by molar-refractivity contribution is 6.00. The van der Waals surface area contributed by atoms with Crippen LogP contribution in [0.5, 0.6) is 0 Å². The number of benzene rings is 2. The van der Waals surface area contributed by atoms with Crippen LogP contribution in [0.4, 0.5) is 11.4 Å². The van der Waals surface area contributed by atoms with Crippen LogP contribution in [-0.2, 0) is 6.54 Å². The maximum atomic E-state index is 9.03. The van der Waals surface area contributed by atoms with E-state index in [4.69, 9.17) is 10.3 Å². The molecule has 6 heteroatoms. The zero-order chi connectivity index (χ0) is 17.8. The Morgan fingerprint density at radius 3 is 2.81 bits per heavy atom. The Morgan fingerprint density at radius 2 is 1.96 bits per heavy atom. The van der Waals surface area contributed by atoms with E-state index in [2.05, 4.69) is 33.6 Å². The van der Waals surface area contributed by atoms with Crippen molar-refractivity contribution in [3.05, 3.63) is 59.7 Å². The first-order valence-electron chi connectivity index (χ1n) is 8.94. The van der Waals surface area contributed by atoms with Crippen LogP contribution in [0, 0.1) is 11.3 Å². The third-order valence-electron chi connectivity index (χ3n) is 4.98. The Hall–Kier alpha value is -2.88. The van der Waals surface area contributed by atoms with E-state index < -0.39 is 0 Å². The number of hydrazine groups is 1. The number of piperidine rings is 1. The van der Waals surface area contributed by atoms with Crippen LogP contribution in [0.15, 0.2) is 53.5 Å². The van der Waals surface area contributed by atoms with Crippen LogP contribution in [0.2, 0.25) is 0 Å². The SMILES string of the molecule is N#Cc1cccc(CNNC2=Nc3ccccc3NC23CCNCC3)c1. The molecule has 2 aliphatic heterocycles. The molecule has 2 aromatic rings. The molecule has 1 saturated heterocycles. The van der Waals surface area contributed by atoms with Crippen LogP contribution in [-0.4, -0.2) is 24.5 Å². The summed E-state index contributed by atoms with van der Waals surface area (Å²) in [6, 6.07) is 17.9. The number of anilines is 1. The van der Waals surface area contributed by atoms with Gasteiger partial charge < -0.3 is 16.1 Å². The molecule has 2 heterocycles. The van der Waals surface area contributed by atoms with Crippen LogP contribution in [0.1, 0.15) is 24.0 Å². The largest absolute Gasteiger partial charge is 0.371 e. The number of rotatable bonds is 3. The van der Waals surface area contributed by atoms with Crippen molar-refractivity contribution in [2.24, 2.45) is 4.99 Å². The summed E-state index contributed by atoms with van der Waals surface area (Å²) in [6.45, 7) is 2.53. The first-order chi connectivity index (χ1) is 12.8. The van der Waals surface area contributed by atoms with Gasteiger partial charge in [0.1, 0.15) is 5.84 Å². The number of para-hydroxylation sites is 2. The third kappa shape index (κ3) is 3.27. The second-order valence-corrected chi connectivity index (χ2v) is 6.73. The fraction of sp³-hybridized carbons (Fsp3) is 0.300. The lowest BCUT2D eigenvalue weighted by Crippen LogP contribution is -2.60. The molecule has 0 atom stereocenters. The van der Waals surface area contributed by atoms with Crippen molar-refractivity contribution in [3.63, 3.8) is 0 Å². The summed E-state index contributed by atoms with van der Waals surface area (Å²) in [6.07, 6.45) is 1.94. The molecule has 26 heavy (non-hydrogen) atoms. The summed E-state index contributed by atoms with van der Waals surface area (Å²) >= 11 is 0. The molecule has 1 fully saturated rings. The zero-order valence-electron chi connectivity index (χ0n) is 14.5. The highest BCUT2D eigenvalue weighted by atomic mass is 15.4. The standard InChI is InChI=1S/C20H22N6/c21-13-15-4-3-5-16(12-15)14-23-26-19-20(8-10-22-11-9-20)25-18-7-2-1-6-17(18)24-19/h1-7,12,22-23,25H,8-11,14H2,(H,24,26). The van der Waals surface area contributed by atoms with Gasteiger partial charge in [-0.1, -0.05) is 24.3 Å². The summed E-state index contributed by atoms with van der Waals surface area (Å²) in [5, 5.41) is 16.2. The van der Waals surface area contributed by atoms with Gasteiger partial charge in [-0.2, -0.15) is 5.26 Å². The van der Waals surface area contributed by atoms with Crippen molar-refractivity contribution in [2.75, 3.05) is 18.4 Å². The van der Waals surface area contributed by atoms with Gasteiger partial charge in [0.25, 0.3) is 0 Å². The topological polar surface area (TPSA) is 84.3 Å². The van der Waals surface area contributed by atoms with Crippen molar-refractivity contribution in [2.45, 2.75) is 24.9 Å². The molecule has 0 aromatic heterocycles. The first-order valence-corrected chi connectivity index (χ1v) is 8.94. The minimum Gasteiger partial charge on any atom is -0.371 e. The molecule has 2 aliphatic rings. The molecule has 0 bridgehead atoms. The molecule has 6 nitrogen and oxygen atoms in total. The van der Waals surface area contributed by atoms with E-state index in [1.807, 2.05) is 42.5 Å². The van der Waals surface area contributed by atoms with Crippen molar-refractivity contribution in [1.29, 1.82) is 5.26 Å². The first kappa shape index (κ1) is 16.6. The summed E-state index contributed by atoms with van der Waals surface area (Å²) in [5.74, 6) is 0.925. The number of fused-ring (bicyclic) bond motifs is 1. The van der Waals surface area contributed by atoms with Crippen molar-refractivity contribution >= 4 is 17.2 Å². The number of aliphatic imine (C=N–C) groups is 1. The van der Waals surface area contributed by atoms with Gasteiger partial charge >= 0.3 is 0 Å². The molecule has 0 saturated carbocycles. The highest BCUT2D eigenvalue weighted by Gasteiger charge is 2.40. The molecule has 0 radical (unpaired) electrons. The number of amidine groups is 1. The molecule has 0 aliphatic carbocycles. The number of nitrogens with zero attached hydrogens (tertiary/aromatic N) is 2. The third-order valence-corrected chi connectivity index (χ3v) is 4.98. The Balaban J connectivity index is 1.52. The molecular weight excluding hydrogens is 324 g/mol. The quantitative estimate of drug-likeness (QED) is 0.642. The van der Waals surface area contributed by atoms with E-state index in [1.54, 1.807) is 0 Å². The molecule has 2 aromatic carbocycles. The summed E-state index contributed by atoms with van der Waals surface area (Å²) in [7, 11) is 0. The minimum absolute atomic E-state index is 0.179. The lowest BCUT2D eigenvalue weighted by Gasteiger charge is -2.42. The molecule has 132 valence electrons. The minimum atomic E-state index is -0.179. The molecule has 0 unspecified atom stereocenters. The van der Waals surface area contributed by atoms with Crippen LogP contribution in [0.3, 0.4) is 0 Å². The van der Waals surface area contributed by atoms with Crippen LogP contribution >= 0.6 is 0 Å². The maximum absolute atomic E-state index is 9.03. The van der Waals surface area contributed by atoms with Gasteiger partial charge in [0.2, 0.25) is 0 Å². The van der Waals surface area contributed by atoms with E-state index in [1.165, 1.54) is 0 Å². The average Bonchev–Trinajstić information content (AvgIpc) is 2.69. The van der Waals surface area contributed by atoms with Crippen LogP contribution in [0.25, 0.3) is 0 Å². The second kappa shape index (κ2) is 7.16. The number of nitrogens with one attached hydrogen (secondary N) is 4. The average molecular weight is 346 g/mol. The Labute approximate surface area is 153 Å². The normalized spacial score (nSPS) is 17.6. The van der Waals surface area contributed by atoms with E-state index in [0.29, 0.717) is 12.1 Å². The maximum Gasteiger partial charge on any atom is 0.142 e. The number of nitriles is 1. The number of hydrogen-bond donors (Lipinski definition) is 4. The van der Waals surface area contributed by atoms with Crippen LogP contribution < -0.4 is 21.5 Å². The molecule has 0 amide bonds. The van der Waals surface area contributed by atoms with Gasteiger partial charge in [-0.05, 0) is 55.8 Å². The predicted octanol–water partition coefficient (Wildman–Crippen LogP) is 2.43. The fourth-order valence-corrected chi connectivity index (χ4v) is 3.57. The highest BCUT2D eigenvalue weighted by Crippen LogP contribution is 2.36. The summed E-state index contributed by atoms with van der Waals surface area (Å²) in [5.41, 5.74) is 10.2. The van der Waals surface area contributed by atoms with E-state index >= 15 is 0 Å². The van der Waals surface area contributed by atoms with E-state index in [-0.39, 0.29) is 5.54 Å². The Morgan fingerprint density at radius 1 is 1.12 bits per heavy atom. The van der Waals surface area contributed by atoms with Gasteiger partial charge in [0.15, 0.2) is 0 Å². The van der Waals surface area contributed by atoms with Gasteiger partial charge in [-0.3, -0.25) is 0 Å². The molecule has 1 spiro atoms. The predicted molar refractivity (Wildman–Crippen MR) is 103 cm³/mol. The Kier molecular flexibility index (Phi) is 4.57. The molecule has 4 rings (SSSR count). The van der Waals surface area contributed by atoms with E-state index in [9.17, 15) is 0 Å². The van der Waals surface area contributed by atoms with Gasteiger partial charge in [-0.15, -0.1) is 0 Å². The smallest absolute Gasteiger partial charge is 0.142 e. The van der Waals surface area contributed by atoms with Gasteiger partial charge in [-0.25, -0.2) is 10.4 Å². The second-order valence-electron chi connectivity index (χ2n) is 6.73. The fourth-order valence-electron chi connectivity index (χ4n) is 3.57. The van der Waals surface area contributed by atoms with Crippen molar-refractivity contribution in [3.8, 4) is 6.07 Å². The monoisotopic (exact) mass is 346 g/mol. The summed E-state index contributed by atoms with van der Waals surface area (Å²) in [4.78, 5) is 4.89. The number of hydrogen-bond acceptors (Lipinski definition) is 6. The van der Waals surface area contributed by atoms with Crippen molar-refractivity contribution in [1.82, 2.24) is 16.2 Å². The lowest BCUT2D eigenvalue weighted by molar-refractivity contribution is 0.407. The molecule has 4 N–H and O–H groups in total. The van der Waals surface area contributed by atoms with Gasteiger partial charge in [0.05, 0.1) is 28.5 Å². The van der Waals surface area contributed by atoms with E-state index in [0.717, 1.165) is 48.7 Å². The van der Waals surface area contributed by atoms with Crippen molar-refractivity contribution < 1.29 is 0 Å². The Bertz CT molecular complexity index is 861. The zero-order valence-corrected chi connectivity index (χ0v) is 14.5. The molecular formula is C20H22N6.